The number of nitrogens with one attached hydrogen (secondary N) is 1. The van der Waals surface area contributed by atoms with Crippen LogP contribution in [0, 0.1) is 5.92 Å². The van der Waals surface area contributed by atoms with Crippen molar-refractivity contribution in [3.63, 3.8) is 0 Å². The molecule has 122 valence electrons. The molecule has 1 N–H and O–H groups in total. The molecule has 1 saturated carbocycles. The van der Waals surface area contributed by atoms with E-state index in [2.05, 4.69) is 10.4 Å². The first-order chi connectivity index (χ1) is 10.7. The summed E-state index contributed by atoms with van der Waals surface area (Å²) in [5, 5.41) is 7.27. The lowest BCUT2D eigenvalue weighted by atomic mass is 10.0. The number of rotatable bonds is 6. The third-order valence-corrected chi connectivity index (χ3v) is 4.61. The Morgan fingerprint density at radius 3 is 2.68 bits per heavy atom. The molecule has 0 spiro atoms. The van der Waals surface area contributed by atoms with Gasteiger partial charge in [0, 0.05) is 38.5 Å². The van der Waals surface area contributed by atoms with E-state index in [1.165, 1.54) is 12.8 Å². The molecule has 22 heavy (non-hydrogen) atoms. The number of ether oxygens (including phenoxy) is 1. The fourth-order valence-electron chi connectivity index (χ4n) is 3.00. The van der Waals surface area contributed by atoms with E-state index in [1.54, 1.807) is 10.9 Å². The predicted molar refractivity (Wildman–Crippen MR) is 83.3 cm³/mol. The molecule has 6 nitrogen and oxygen atoms in total. The Balaban J connectivity index is 1.51. The van der Waals surface area contributed by atoms with Crippen molar-refractivity contribution in [2.75, 3.05) is 26.7 Å². The Bertz CT molecular complexity index is 504. The van der Waals surface area contributed by atoms with Gasteiger partial charge in [0.25, 0.3) is 0 Å². The number of piperidine rings is 1. The minimum atomic E-state index is -0.308. The largest absolute Gasteiger partial charge is 0.378 e. The lowest BCUT2D eigenvalue weighted by molar-refractivity contribution is -0.136. The first kappa shape index (κ1) is 15.5. The van der Waals surface area contributed by atoms with Gasteiger partial charge in [-0.2, -0.15) is 5.10 Å². The number of aryl methyl sites for hydroxylation is 1. The van der Waals surface area contributed by atoms with Gasteiger partial charge < -0.3 is 15.0 Å². The van der Waals surface area contributed by atoms with Gasteiger partial charge in [-0.3, -0.25) is 9.48 Å². The molecule has 1 aromatic rings. The average Bonchev–Trinajstić information content (AvgIpc) is 3.27. The minimum Gasteiger partial charge on any atom is -0.378 e. The number of likely N-dealkylation sites (tertiary alicyclic amines) is 1. The smallest absolute Gasteiger partial charge is 0.244 e. The lowest BCUT2D eigenvalue weighted by Gasteiger charge is -2.34. The number of aromatic nitrogens is 2. The maximum atomic E-state index is 12.7. The van der Waals surface area contributed by atoms with Crippen molar-refractivity contribution >= 4 is 5.91 Å². The fraction of sp³-hybridized carbons (Fsp3) is 0.750. The van der Waals surface area contributed by atoms with Crippen molar-refractivity contribution in [1.29, 1.82) is 0 Å². The molecule has 1 aliphatic heterocycles. The monoisotopic (exact) mass is 306 g/mol. The summed E-state index contributed by atoms with van der Waals surface area (Å²) in [7, 11) is 3.68. The summed E-state index contributed by atoms with van der Waals surface area (Å²) in [5.41, 5.74) is 0.919. The summed E-state index contributed by atoms with van der Waals surface area (Å²) < 4.78 is 7.67. The van der Waals surface area contributed by atoms with Crippen molar-refractivity contribution in [1.82, 2.24) is 20.0 Å². The van der Waals surface area contributed by atoms with E-state index in [0.717, 1.165) is 44.0 Å². The topological polar surface area (TPSA) is 59.4 Å². The molecular weight excluding hydrogens is 280 g/mol. The number of hydrogen-bond donors (Lipinski definition) is 1. The number of nitrogens with zero attached hydrogens (tertiary/aromatic N) is 3. The summed E-state index contributed by atoms with van der Waals surface area (Å²) >= 11 is 0. The summed E-state index contributed by atoms with van der Waals surface area (Å²) in [6.45, 7) is 2.48. The van der Waals surface area contributed by atoms with Crippen LogP contribution in [0.1, 0.15) is 37.3 Å². The highest BCUT2D eigenvalue weighted by atomic mass is 16.5. The molecule has 1 aromatic heterocycles. The van der Waals surface area contributed by atoms with Gasteiger partial charge in [0.05, 0.1) is 12.3 Å². The number of carbonyl (C=O) groups excluding carboxylic acids is 1. The van der Waals surface area contributed by atoms with Crippen molar-refractivity contribution in [3.8, 4) is 0 Å². The van der Waals surface area contributed by atoms with Gasteiger partial charge in [0.15, 0.2) is 0 Å². The predicted octanol–water partition coefficient (Wildman–Crippen LogP) is 1.10. The maximum Gasteiger partial charge on any atom is 0.244 e. The van der Waals surface area contributed by atoms with Crippen LogP contribution in [0.25, 0.3) is 0 Å². The number of hydrogen-bond acceptors (Lipinski definition) is 4. The van der Waals surface area contributed by atoms with Gasteiger partial charge in [-0.05, 0) is 38.6 Å². The third-order valence-electron chi connectivity index (χ3n) is 4.61. The van der Waals surface area contributed by atoms with Gasteiger partial charge >= 0.3 is 0 Å². The van der Waals surface area contributed by atoms with Gasteiger partial charge in [0.2, 0.25) is 5.91 Å². The van der Waals surface area contributed by atoms with Gasteiger partial charge in [-0.15, -0.1) is 0 Å². The summed E-state index contributed by atoms with van der Waals surface area (Å²) in [6, 6.07) is -0.308. The van der Waals surface area contributed by atoms with E-state index in [1.807, 2.05) is 25.2 Å². The van der Waals surface area contributed by atoms with Crippen LogP contribution >= 0.6 is 0 Å². The molecule has 2 fully saturated rings. The average molecular weight is 306 g/mol. The zero-order valence-corrected chi connectivity index (χ0v) is 13.5. The second-order valence-electron chi connectivity index (χ2n) is 6.47. The summed E-state index contributed by atoms with van der Waals surface area (Å²) in [4.78, 5) is 14.7. The molecule has 0 radical (unpaired) electrons. The molecule has 0 bridgehead atoms. The van der Waals surface area contributed by atoms with Crippen LogP contribution in [-0.2, 0) is 16.6 Å². The molecule has 1 unspecified atom stereocenters. The number of likely N-dealkylation sites (N-methyl/N-ethyl adjacent to an activating group) is 1. The molecule has 1 atom stereocenters. The molecule has 6 heteroatoms. The summed E-state index contributed by atoms with van der Waals surface area (Å²) in [5.74, 6) is 0.940. The zero-order chi connectivity index (χ0) is 15.5. The first-order valence-corrected chi connectivity index (χ1v) is 8.23. The van der Waals surface area contributed by atoms with Crippen LogP contribution in [0.5, 0.6) is 0 Å². The second kappa shape index (κ2) is 6.79. The molecular formula is C16H26N4O2. The van der Waals surface area contributed by atoms with Gasteiger partial charge in [-0.25, -0.2) is 0 Å². The quantitative estimate of drug-likeness (QED) is 0.855. The number of carbonyl (C=O) groups is 1. The minimum absolute atomic E-state index is 0.135. The van der Waals surface area contributed by atoms with Gasteiger partial charge in [-0.1, -0.05) is 0 Å². The normalized spacial score (nSPS) is 21.1. The van der Waals surface area contributed by atoms with Crippen LogP contribution in [0.2, 0.25) is 0 Å². The Labute approximate surface area is 131 Å². The highest BCUT2D eigenvalue weighted by Gasteiger charge is 2.30. The molecule has 2 aliphatic rings. The van der Waals surface area contributed by atoms with E-state index < -0.39 is 0 Å². The lowest BCUT2D eigenvalue weighted by Crippen LogP contribution is -2.45. The molecule has 1 saturated heterocycles. The van der Waals surface area contributed by atoms with E-state index >= 15 is 0 Å². The van der Waals surface area contributed by atoms with Crippen molar-refractivity contribution in [2.45, 2.75) is 37.8 Å². The van der Waals surface area contributed by atoms with E-state index in [0.29, 0.717) is 6.10 Å². The first-order valence-electron chi connectivity index (χ1n) is 8.23. The molecule has 1 amide bonds. The summed E-state index contributed by atoms with van der Waals surface area (Å²) in [6.07, 6.45) is 8.52. The van der Waals surface area contributed by atoms with Crippen LogP contribution in [0.4, 0.5) is 0 Å². The van der Waals surface area contributed by atoms with Crippen LogP contribution < -0.4 is 5.32 Å². The van der Waals surface area contributed by atoms with Crippen molar-refractivity contribution in [2.24, 2.45) is 13.0 Å². The van der Waals surface area contributed by atoms with Crippen molar-refractivity contribution in [3.05, 3.63) is 18.0 Å². The van der Waals surface area contributed by atoms with Crippen LogP contribution in [-0.4, -0.2) is 53.4 Å². The second-order valence-corrected chi connectivity index (χ2v) is 6.47. The molecule has 1 aliphatic carbocycles. The Morgan fingerprint density at radius 1 is 1.41 bits per heavy atom. The van der Waals surface area contributed by atoms with E-state index in [9.17, 15) is 4.79 Å². The fourth-order valence-corrected chi connectivity index (χ4v) is 3.00. The Morgan fingerprint density at radius 2 is 2.14 bits per heavy atom. The molecule has 3 rings (SSSR count). The molecule has 2 heterocycles. The Kier molecular flexibility index (Phi) is 4.78. The Hall–Kier alpha value is -1.40. The highest BCUT2D eigenvalue weighted by molar-refractivity contribution is 5.83. The van der Waals surface area contributed by atoms with E-state index in [-0.39, 0.29) is 11.9 Å². The molecule has 0 aromatic carbocycles. The highest BCUT2D eigenvalue weighted by Crippen LogP contribution is 2.30. The van der Waals surface area contributed by atoms with Gasteiger partial charge in [0.1, 0.15) is 6.04 Å². The standard InChI is InChI=1S/C16H26N4O2/c1-17-15(13-9-18-19(2)10-13)16(21)20-7-5-14(6-8-20)22-11-12-3-4-12/h9-10,12,14-15,17H,3-8,11H2,1-2H3. The van der Waals surface area contributed by atoms with Crippen LogP contribution in [0.15, 0.2) is 12.4 Å². The maximum absolute atomic E-state index is 12.7. The van der Waals surface area contributed by atoms with Crippen molar-refractivity contribution < 1.29 is 9.53 Å². The van der Waals surface area contributed by atoms with E-state index in [4.69, 9.17) is 4.74 Å². The third kappa shape index (κ3) is 3.67. The SMILES string of the molecule is CNC(C(=O)N1CCC(OCC2CC2)CC1)c1cnn(C)c1. The van der Waals surface area contributed by atoms with Crippen LogP contribution in [0.3, 0.4) is 0 Å². The zero-order valence-electron chi connectivity index (χ0n) is 13.5. The number of amides is 1.